The first-order valence-corrected chi connectivity index (χ1v) is 9.94. The quantitative estimate of drug-likeness (QED) is 0.807. The van der Waals surface area contributed by atoms with Crippen molar-refractivity contribution in [3.63, 3.8) is 0 Å². The molecule has 2 aromatic rings. The van der Waals surface area contributed by atoms with E-state index in [4.69, 9.17) is 0 Å². The second-order valence-corrected chi connectivity index (χ2v) is 8.52. The number of aromatic hydroxyl groups is 1. The van der Waals surface area contributed by atoms with Crippen LogP contribution in [0.25, 0.3) is 0 Å². The van der Waals surface area contributed by atoms with Crippen molar-refractivity contribution in [2.45, 2.75) is 19.4 Å². The van der Waals surface area contributed by atoms with E-state index in [0.29, 0.717) is 0 Å². The zero-order valence-corrected chi connectivity index (χ0v) is 15.2. The molecule has 0 radical (unpaired) electrons. The first-order chi connectivity index (χ1) is 12.7. The van der Waals surface area contributed by atoms with E-state index < -0.39 is 33.1 Å². The lowest BCUT2D eigenvalue weighted by Crippen LogP contribution is -2.29. The Kier molecular flexibility index (Phi) is 4.85. The van der Waals surface area contributed by atoms with Gasteiger partial charge in [-0.15, -0.1) is 0 Å². The summed E-state index contributed by atoms with van der Waals surface area (Å²) in [7, 11) is -3.32. The van der Waals surface area contributed by atoms with Gasteiger partial charge in [0, 0.05) is 6.21 Å². The molecule has 1 aromatic heterocycles. The highest BCUT2D eigenvalue weighted by Gasteiger charge is 2.33. The number of hydrogen-bond donors (Lipinski definition) is 1. The molecule has 1 atom stereocenters. The van der Waals surface area contributed by atoms with Crippen molar-refractivity contribution < 1.29 is 17.9 Å². The molecule has 1 aliphatic rings. The number of nitriles is 1. The van der Waals surface area contributed by atoms with Gasteiger partial charge in [-0.2, -0.15) is 5.26 Å². The Morgan fingerprint density at radius 2 is 2.11 bits per heavy atom. The van der Waals surface area contributed by atoms with Gasteiger partial charge in [-0.3, -0.25) is 14.4 Å². The van der Waals surface area contributed by atoms with Gasteiger partial charge in [-0.25, -0.2) is 12.8 Å². The van der Waals surface area contributed by atoms with Crippen molar-refractivity contribution in [3.8, 4) is 11.9 Å². The molecule has 0 saturated carbocycles. The van der Waals surface area contributed by atoms with Gasteiger partial charge in [-0.05, 0) is 31.0 Å². The molecule has 0 amide bonds. The van der Waals surface area contributed by atoms with Gasteiger partial charge >= 0.3 is 0 Å². The standard InChI is InChI=1S/C18H16FN3O4S/c1-11-13(8-20)17(23)22(12-6-7-27(25,26)10-12)18(24)14(11)9-21-16-5-3-2-4-15(16)19/h2-5,9,12,24H,6-7,10H2,1H3. The lowest BCUT2D eigenvalue weighted by Gasteiger charge is -2.18. The molecule has 3 rings (SSSR count). The van der Waals surface area contributed by atoms with Gasteiger partial charge in [0.25, 0.3) is 5.56 Å². The van der Waals surface area contributed by atoms with E-state index in [0.717, 1.165) is 4.57 Å². The number of nitrogens with zero attached hydrogens (tertiary/aromatic N) is 3. The summed E-state index contributed by atoms with van der Waals surface area (Å²) in [4.78, 5) is 16.6. The van der Waals surface area contributed by atoms with Crippen LogP contribution in [-0.4, -0.2) is 35.8 Å². The second-order valence-electron chi connectivity index (χ2n) is 6.29. The number of aromatic nitrogens is 1. The van der Waals surface area contributed by atoms with Crippen LogP contribution >= 0.6 is 0 Å². The van der Waals surface area contributed by atoms with Crippen molar-refractivity contribution >= 4 is 21.7 Å². The first kappa shape index (κ1) is 18.8. The maximum Gasteiger partial charge on any atom is 0.271 e. The van der Waals surface area contributed by atoms with Crippen molar-refractivity contribution in [3.05, 3.63) is 57.1 Å². The monoisotopic (exact) mass is 389 g/mol. The van der Waals surface area contributed by atoms with Crippen LogP contribution in [0.4, 0.5) is 10.1 Å². The zero-order valence-electron chi connectivity index (χ0n) is 14.4. The fourth-order valence-corrected chi connectivity index (χ4v) is 4.80. The summed E-state index contributed by atoms with van der Waals surface area (Å²) < 4.78 is 38.2. The van der Waals surface area contributed by atoms with E-state index in [2.05, 4.69) is 4.99 Å². The van der Waals surface area contributed by atoms with Crippen LogP contribution in [0.2, 0.25) is 0 Å². The molecular weight excluding hydrogens is 373 g/mol. The second kappa shape index (κ2) is 6.96. The normalized spacial score (nSPS) is 18.6. The van der Waals surface area contributed by atoms with Crippen LogP contribution in [0.15, 0.2) is 34.1 Å². The molecule has 1 aliphatic heterocycles. The summed E-state index contributed by atoms with van der Waals surface area (Å²) in [6, 6.07) is 6.78. The van der Waals surface area contributed by atoms with E-state index >= 15 is 0 Å². The topological polar surface area (TPSA) is 113 Å². The molecule has 0 spiro atoms. The van der Waals surface area contributed by atoms with Crippen LogP contribution in [-0.2, 0) is 9.84 Å². The molecule has 0 bridgehead atoms. The average Bonchev–Trinajstić information content (AvgIpc) is 2.96. The van der Waals surface area contributed by atoms with Crippen LogP contribution in [0.1, 0.15) is 29.2 Å². The third kappa shape index (κ3) is 3.48. The number of hydrogen-bond acceptors (Lipinski definition) is 6. The third-order valence-electron chi connectivity index (χ3n) is 4.55. The average molecular weight is 389 g/mol. The molecule has 27 heavy (non-hydrogen) atoms. The van der Waals surface area contributed by atoms with Gasteiger partial charge < -0.3 is 5.11 Å². The van der Waals surface area contributed by atoms with E-state index in [1.807, 2.05) is 0 Å². The van der Waals surface area contributed by atoms with Crippen LogP contribution in [0.3, 0.4) is 0 Å². The Morgan fingerprint density at radius 3 is 2.70 bits per heavy atom. The summed E-state index contributed by atoms with van der Waals surface area (Å²) >= 11 is 0. The lowest BCUT2D eigenvalue weighted by atomic mass is 10.0. The molecule has 1 N–H and O–H groups in total. The third-order valence-corrected chi connectivity index (χ3v) is 6.30. The van der Waals surface area contributed by atoms with E-state index in [1.165, 1.54) is 31.3 Å². The first-order valence-electron chi connectivity index (χ1n) is 8.12. The minimum atomic E-state index is -3.32. The Morgan fingerprint density at radius 1 is 1.41 bits per heavy atom. The molecule has 1 aromatic carbocycles. The molecule has 140 valence electrons. The van der Waals surface area contributed by atoms with Gasteiger partial charge in [0.05, 0.1) is 28.8 Å². The van der Waals surface area contributed by atoms with Gasteiger partial charge in [0.2, 0.25) is 5.88 Å². The summed E-state index contributed by atoms with van der Waals surface area (Å²) in [5.74, 6) is -1.45. The number of aliphatic imine (C=N–C) groups is 1. The highest BCUT2D eigenvalue weighted by Crippen LogP contribution is 2.30. The van der Waals surface area contributed by atoms with Gasteiger partial charge in [0.15, 0.2) is 9.84 Å². The SMILES string of the molecule is Cc1c(C=Nc2ccccc2F)c(O)n(C2CCS(=O)(=O)C2)c(=O)c1C#N. The fraction of sp³-hybridized carbons (Fsp3) is 0.278. The predicted molar refractivity (Wildman–Crippen MR) is 97.8 cm³/mol. The number of para-hydroxylation sites is 1. The molecule has 2 heterocycles. The number of halogens is 1. The smallest absolute Gasteiger partial charge is 0.271 e. The van der Waals surface area contributed by atoms with E-state index in [-0.39, 0.29) is 40.3 Å². The Bertz CT molecular complexity index is 1150. The summed E-state index contributed by atoms with van der Waals surface area (Å²) in [6.07, 6.45) is 1.33. The van der Waals surface area contributed by atoms with Gasteiger partial charge in [0.1, 0.15) is 17.4 Å². The molecular formula is C18H16FN3O4S. The van der Waals surface area contributed by atoms with Crippen LogP contribution < -0.4 is 5.56 Å². The molecule has 1 saturated heterocycles. The summed E-state index contributed by atoms with van der Waals surface area (Å²) in [6.45, 7) is 1.47. The molecule has 0 aliphatic carbocycles. The van der Waals surface area contributed by atoms with Crippen molar-refractivity contribution in [1.29, 1.82) is 5.26 Å². The number of rotatable bonds is 3. The number of benzene rings is 1. The maximum atomic E-state index is 13.8. The maximum absolute atomic E-state index is 13.8. The summed E-state index contributed by atoms with van der Waals surface area (Å²) in [5.41, 5.74) is -0.684. The number of pyridine rings is 1. The largest absolute Gasteiger partial charge is 0.494 e. The minimum absolute atomic E-state index is 0.0241. The molecule has 9 heteroatoms. The molecule has 1 unspecified atom stereocenters. The van der Waals surface area contributed by atoms with Crippen LogP contribution in [0.5, 0.6) is 5.88 Å². The highest BCUT2D eigenvalue weighted by molar-refractivity contribution is 7.91. The number of sulfone groups is 1. The Balaban J connectivity index is 2.18. The van der Waals surface area contributed by atoms with Crippen molar-refractivity contribution in [2.75, 3.05) is 11.5 Å². The lowest BCUT2D eigenvalue weighted by molar-refractivity contribution is 0.379. The van der Waals surface area contributed by atoms with Crippen LogP contribution in [0, 0.1) is 24.1 Å². The zero-order chi connectivity index (χ0) is 19.8. The Hall–Kier alpha value is -2.99. The van der Waals surface area contributed by atoms with E-state index in [9.17, 15) is 28.0 Å². The highest BCUT2D eigenvalue weighted by atomic mass is 32.2. The molecule has 7 nitrogen and oxygen atoms in total. The predicted octanol–water partition coefficient (Wildman–Crippen LogP) is 1.98. The molecule has 1 fully saturated rings. The van der Waals surface area contributed by atoms with Gasteiger partial charge in [-0.1, -0.05) is 12.1 Å². The fourth-order valence-electron chi connectivity index (χ4n) is 3.10. The van der Waals surface area contributed by atoms with Crippen molar-refractivity contribution in [1.82, 2.24) is 4.57 Å². The summed E-state index contributed by atoms with van der Waals surface area (Å²) in [5, 5.41) is 20.0. The van der Waals surface area contributed by atoms with E-state index in [1.54, 1.807) is 12.1 Å². The Labute approximate surface area is 155 Å². The minimum Gasteiger partial charge on any atom is -0.494 e. The van der Waals surface area contributed by atoms with Crippen molar-refractivity contribution in [2.24, 2.45) is 4.99 Å².